The number of benzene rings is 2. The van der Waals surface area contributed by atoms with E-state index in [1.165, 1.54) is 5.56 Å². The van der Waals surface area contributed by atoms with Gasteiger partial charge in [-0.05, 0) is 30.2 Å². The van der Waals surface area contributed by atoms with E-state index in [4.69, 9.17) is 0 Å². The van der Waals surface area contributed by atoms with Crippen LogP contribution in [0.4, 0.5) is 5.69 Å². The maximum Gasteiger partial charge on any atom is 0.224 e. The molecule has 1 amide bonds. The number of anilines is 1. The normalized spacial score (nSPS) is 10.3. The van der Waals surface area contributed by atoms with Crippen molar-refractivity contribution in [3.63, 3.8) is 0 Å². The van der Waals surface area contributed by atoms with E-state index in [1.54, 1.807) is 0 Å². The average Bonchev–Trinajstić information content (AvgIpc) is 2.53. The second-order valence-electron chi connectivity index (χ2n) is 4.97. The molecule has 0 fully saturated rings. The Bertz CT molecular complexity index is 566. The fraction of sp³-hybridized carbons (Fsp3) is 0.278. The predicted molar refractivity (Wildman–Crippen MR) is 87.2 cm³/mol. The van der Waals surface area contributed by atoms with Gasteiger partial charge in [0.05, 0.1) is 0 Å². The van der Waals surface area contributed by atoms with Gasteiger partial charge in [-0.3, -0.25) is 4.79 Å². The van der Waals surface area contributed by atoms with Crippen molar-refractivity contribution < 1.29 is 4.79 Å². The van der Waals surface area contributed by atoms with Crippen LogP contribution in [-0.4, -0.2) is 12.5 Å². The fourth-order valence-corrected chi connectivity index (χ4v) is 2.17. The zero-order valence-electron chi connectivity index (χ0n) is 12.4. The van der Waals surface area contributed by atoms with Gasteiger partial charge in [-0.2, -0.15) is 0 Å². The molecule has 0 atom stereocenters. The highest BCUT2D eigenvalue weighted by molar-refractivity contribution is 5.91. The van der Waals surface area contributed by atoms with E-state index in [0.29, 0.717) is 6.42 Å². The summed E-state index contributed by atoms with van der Waals surface area (Å²) in [5, 5.41) is 6.30. The first-order valence-corrected chi connectivity index (χ1v) is 7.42. The van der Waals surface area contributed by atoms with Gasteiger partial charge in [0, 0.05) is 18.7 Å². The number of carbonyl (C=O) groups is 1. The molecule has 21 heavy (non-hydrogen) atoms. The SMILES string of the molecule is CCNCc1ccccc1NC(=O)CCc1ccccc1. The largest absolute Gasteiger partial charge is 0.326 e. The Morgan fingerprint density at radius 1 is 1.00 bits per heavy atom. The van der Waals surface area contributed by atoms with Crippen molar-refractivity contribution in [2.24, 2.45) is 0 Å². The van der Waals surface area contributed by atoms with E-state index < -0.39 is 0 Å². The lowest BCUT2D eigenvalue weighted by Crippen LogP contribution is -2.17. The molecule has 0 radical (unpaired) electrons. The molecule has 3 heteroatoms. The van der Waals surface area contributed by atoms with Gasteiger partial charge >= 0.3 is 0 Å². The number of hydrogen-bond acceptors (Lipinski definition) is 2. The number of amides is 1. The summed E-state index contributed by atoms with van der Waals surface area (Å²) in [4.78, 5) is 12.1. The van der Waals surface area contributed by atoms with Crippen LogP contribution in [0.1, 0.15) is 24.5 Å². The Balaban J connectivity index is 1.90. The maximum absolute atomic E-state index is 12.1. The van der Waals surface area contributed by atoms with Crippen molar-refractivity contribution in [1.82, 2.24) is 5.32 Å². The molecule has 2 aromatic rings. The van der Waals surface area contributed by atoms with Gasteiger partial charge in [-0.1, -0.05) is 55.5 Å². The molecule has 3 nitrogen and oxygen atoms in total. The number of carbonyl (C=O) groups excluding carboxylic acids is 1. The van der Waals surface area contributed by atoms with Crippen LogP contribution in [0.2, 0.25) is 0 Å². The first-order chi connectivity index (χ1) is 10.3. The topological polar surface area (TPSA) is 41.1 Å². The summed E-state index contributed by atoms with van der Waals surface area (Å²) in [6, 6.07) is 18.0. The second-order valence-corrected chi connectivity index (χ2v) is 4.97. The Labute approximate surface area is 126 Å². The van der Waals surface area contributed by atoms with Gasteiger partial charge in [-0.25, -0.2) is 0 Å². The zero-order chi connectivity index (χ0) is 14.9. The molecule has 0 aliphatic carbocycles. The number of aryl methyl sites for hydroxylation is 1. The smallest absolute Gasteiger partial charge is 0.224 e. The molecular weight excluding hydrogens is 260 g/mol. The van der Waals surface area contributed by atoms with Crippen molar-refractivity contribution in [2.45, 2.75) is 26.3 Å². The van der Waals surface area contributed by atoms with Crippen LogP contribution < -0.4 is 10.6 Å². The number of nitrogens with one attached hydrogen (secondary N) is 2. The summed E-state index contributed by atoms with van der Waals surface area (Å²) >= 11 is 0. The van der Waals surface area contributed by atoms with Gasteiger partial charge in [0.25, 0.3) is 0 Å². The summed E-state index contributed by atoms with van der Waals surface area (Å²) < 4.78 is 0. The highest BCUT2D eigenvalue weighted by atomic mass is 16.1. The van der Waals surface area contributed by atoms with E-state index in [-0.39, 0.29) is 5.91 Å². The number of hydrogen-bond donors (Lipinski definition) is 2. The van der Waals surface area contributed by atoms with Crippen LogP contribution in [0, 0.1) is 0 Å². The Kier molecular flexibility index (Phi) is 5.98. The fourth-order valence-electron chi connectivity index (χ4n) is 2.17. The van der Waals surface area contributed by atoms with Crippen molar-refractivity contribution in [3.05, 3.63) is 65.7 Å². The molecule has 0 heterocycles. The third-order valence-corrected chi connectivity index (χ3v) is 3.34. The van der Waals surface area contributed by atoms with Gasteiger partial charge < -0.3 is 10.6 Å². The molecule has 2 rings (SSSR count). The van der Waals surface area contributed by atoms with Crippen LogP contribution in [0.5, 0.6) is 0 Å². The van der Waals surface area contributed by atoms with Crippen molar-refractivity contribution >= 4 is 11.6 Å². The maximum atomic E-state index is 12.1. The minimum atomic E-state index is 0.0581. The lowest BCUT2D eigenvalue weighted by atomic mass is 10.1. The third-order valence-electron chi connectivity index (χ3n) is 3.34. The van der Waals surface area contributed by atoms with Crippen LogP contribution in [0.3, 0.4) is 0 Å². The van der Waals surface area contributed by atoms with Crippen LogP contribution in [0.25, 0.3) is 0 Å². The van der Waals surface area contributed by atoms with Crippen molar-refractivity contribution in [1.29, 1.82) is 0 Å². The van der Waals surface area contributed by atoms with Crippen LogP contribution in [0.15, 0.2) is 54.6 Å². The van der Waals surface area contributed by atoms with Gasteiger partial charge in [0.1, 0.15) is 0 Å². The molecule has 0 saturated heterocycles. The lowest BCUT2D eigenvalue weighted by molar-refractivity contribution is -0.116. The molecule has 0 spiro atoms. The minimum absolute atomic E-state index is 0.0581. The molecule has 0 bridgehead atoms. The lowest BCUT2D eigenvalue weighted by Gasteiger charge is -2.11. The monoisotopic (exact) mass is 282 g/mol. The molecule has 0 aliphatic heterocycles. The average molecular weight is 282 g/mol. The number of para-hydroxylation sites is 1. The third kappa shape index (κ3) is 5.04. The highest BCUT2D eigenvalue weighted by Crippen LogP contribution is 2.15. The quantitative estimate of drug-likeness (QED) is 0.817. The molecule has 0 aromatic heterocycles. The molecule has 0 saturated carbocycles. The highest BCUT2D eigenvalue weighted by Gasteiger charge is 2.06. The standard InChI is InChI=1S/C18H22N2O/c1-2-19-14-16-10-6-7-11-17(16)20-18(21)13-12-15-8-4-3-5-9-15/h3-11,19H,2,12-14H2,1H3,(H,20,21). The van der Waals surface area contributed by atoms with E-state index in [0.717, 1.165) is 30.8 Å². The Morgan fingerprint density at radius 2 is 1.71 bits per heavy atom. The summed E-state index contributed by atoms with van der Waals surface area (Å²) in [6.07, 6.45) is 1.27. The first kappa shape index (κ1) is 15.3. The summed E-state index contributed by atoms with van der Waals surface area (Å²) in [5.41, 5.74) is 3.21. The predicted octanol–water partition coefficient (Wildman–Crippen LogP) is 3.37. The molecule has 110 valence electrons. The van der Waals surface area contributed by atoms with E-state index >= 15 is 0 Å². The minimum Gasteiger partial charge on any atom is -0.326 e. The van der Waals surface area contributed by atoms with Gasteiger partial charge in [-0.15, -0.1) is 0 Å². The molecule has 0 unspecified atom stereocenters. The second kappa shape index (κ2) is 8.22. The molecular formula is C18H22N2O. The molecule has 0 aliphatic rings. The summed E-state index contributed by atoms with van der Waals surface area (Å²) in [6.45, 7) is 3.75. The summed E-state index contributed by atoms with van der Waals surface area (Å²) in [7, 11) is 0. The van der Waals surface area contributed by atoms with Crippen molar-refractivity contribution in [2.75, 3.05) is 11.9 Å². The van der Waals surface area contributed by atoms with Gasteiger partial charge in [0.15, 0.2) is 0 Å². The van der Waals surface area contributed by atoms with E-state index in [2.05, 4.69) is 17.6 Å². The van der Waals surface area contributed by atoms with E-state index in [9.17, 15) is 4.79 Å². The Hall–Kier alpha value is -2.13. The van der Waals surface area contributed by atoms with Gasteiger partial charge in [0.2, 0.25) is 5.91 Å². The van der Waals surface area contributed by atoms with Crippen molar-refractivity contribution in [3.8, 4) is 0 Å². The zero-order valence-corrected chi connectivity index (χ0v) is 12.4. The van der Waals surface area contributed by atoms with Crippen LogP contribution in [-0.2, 0) is 17.8 Å². The molecule has 2 aromatic carbocycles. The molecule has 2 N–H and O–H groups in total. The first-order valence-electron chi connectivity index (χ1n) is 7.42. The summed E-state index contributed by atoms with van der Waals surface area (Å²) in [5.74, 6) is 0.0581. The van der Waals surface area contributed by atoms with Crippen LogP contribution >= 0.6 is 0 Å². The van der Waals surface area contributed by atoms with E-state index in [1.807, 2.05) is 54.6 Å². The number of rotatable bonds is 7. The Morgan fingerprint density at radius 3 is 2.48 bits per heavy atom.